The number of rotatable bonds is 1. The lowest BCUT2D eigenvalue weighted by Gasteiger charge is -2.25. The van der Waals surface area contributed by atoms with Crippen LogP contribution in [0.1, 0.15) is 22.3 Å². The molecule has 1 heterocycles. The summed E-state index contributed by atoms with van der Waals surface area (Å²) in [4.78, 5) is 10.5. The second kappa shape index (κ2) is 3.18. The molecule has 3 nitrogen and oxygen atoms in total. The average molecular weight is 177 g/mol. The lowest BCUT2D eigenvalue weighted by atomic mass is 10.0. The van der Waals surface area contributed by atoms with Gasteiger partial charge in [-0.3, -0.25) is 15.1 Å². The molecule has 1 N–H and O–H groups in total. The van der Waals surface area contributed by atoms with Gasteiger partial charge in [-0.1, -0.05) is 0 Å². The van der Waals surface area contributed by atoms with E-state index in [-0.39, 0.29) is 0 Å². The lowest BCUT2D eigenvalue weighted by molar-refractivity contribution is 0.112. The smallest absolute Gasteiger partial charge is 0.150 e. The van der Waals surface area contributed by atoms with Crippen LogP contribution < -0.4 is 5.06 Å². The molecule has 0 amide bonds. The van der Waals surface area contributed by atoms with Gasteiger partial charge in [-0.25, -0.2) is 0 Å². The monoisotopic (exact) mass is 177 g/mol. The average Bonchev–Trinajstić information content (AvgIpc) is 2.18. The molecule has 0 aliphatic carbocycles. The van der Waals surface area contributed by atoms with Crippen molar-refractivity contribution in [1.29, 1.82) is 0 Å². The van der Waals surface area contributed by atoms with Gasteiger partial charge in [0.2, 0.25) is 0 Å². The summed E-state index contributed by atoms with van der Waals surface area (Å²) >= 11 is 0. The highest BCUT2D eigenvalue weighted by atomic mass is 16.5. The van der Waals surface area contributed by atoms with Crippen molar-refractivity contribution in [1.82, 2.24) is 0 Å². The maximum absolute atomic E-state index is 10.5. The van der Waals surface area contributed by atoms with E-state index < -0.39 is 0 Å². The Balaban J connectivity index is 2.45. The van der Waals surface area contributed by atoms with Crippen molar-refractivity contribution in [3.05, 3.63) is 29.3 Å². The number of carbonyl (C=O) groups is 1. The molecule has 0 bridgehead atoms. The molecule has 0 aromatic heterocycles. The van der Waals surface area contributed by atoms with Crippen LogP contribution >= 0.6 is 0 Å². The van der Waals surface area contributed by atoms with Crippen molar-refractivity contribution in [2.24, 2.45) is 0 Å². The number of nitrogens with zero attached hydrogens (tertiary/aromatic N) is 1. The van der Waals surface area contributed by atoms with Crippen LogP contribution in [0.15, 0.2) is 18.2 Å². The molecule has 0 spiro atoms. The van der Waals surface area contributed by atoms with Gasteiger partial charge >= 0.3 is 0 Å². The van der Waals surface area contributed by atoms with Gasteiger partial charge in [-0.2, -0.15) is 0 Å². The number of hydrogen-bond donors (Lipinski definition) is 1. The van der Waals surface area contributed by atoms with Gasteiger partial charge < -0.3 is 0 Å². The summed E-state index contributed by atoms with van der Waals surface area (Å²) in [5.41, 5.74) is 2.56. The summed E-state index contributed by atoms with van der Waals surface area (Å²) in [6.45, 7) is 0.674. The van der Waals surface area contributed by atoms with E-state index in [1.807, 2.05) is 6.07 Å². The van der Waals surface area contributed by atoms with Crippen molar-refractivity contribution in [2.75, 3.05) is 11.6 Å². The van der Waals surface area contributed by atoms with Crippen LogP contribution in [-0.2, 0) is 6.42 Å². The topological polar surface area (TPSA) is 40.5 Å². The summed E-state index contributed by atoms with van der Waals surface area (Å²) < 4.78 is 0. The Morgan fingerprint density at radius 2 is 2.31 bits per heavy atom. The van der Waals surface area contributed by atoms with Crippen LogP contribution in [0.25, 0.3) is 0 Å². The molecule has 0 saturated heterocycles. The van der Waals surface area contributed by atoms with E-state index in [2.05, 4.69) is 0 Å². The standard InChI is InChI=1S/C10H11NO2/c12-7-8-3-4-10-9(6-8)2-1-5-11(10)13/h3-4,6-7,13H,1-2,5H2. The van der Waals surface area contributed by atoms with E-state index in [9.17, 15) is 10.0 Å². The van der Waals surface area contributed by atoms with Crippen molar-refractivity contribution in [3.8, 4) is 0 Å². The Labute approximate surface area is 76.6 Å². The van der Waals surface area contributed by atoms with Gasteiger partial charge in [0.1, 0.15) is 6.29 Å². The zero-order valence-corrected chi connectivity index (χ0v) is 7.23. The molecule has 0 atom stereocenters. The summed E-state index contributed by atoms with van der Waals surface area (Å²) in [6, 6.07) is 5.35. The largest absolute Gasteiger partial charge is 0.298 e. The van der Waals surface area contributed by atoms with E-state index in [1.54, 1.807) is 12.1 Å². The maximum atomic E-state index is 10.5. The van der Waals surface area contributed by atoms with Gasteiger partial charge in [0.25, 0.3) is 0 Å². The molecule has 1 aliphatic heterocycles. The van der Waals surface area contributed by atoms with Gasteiger partial charge in [-0.15, -0.1) is 0 Å². The first-order chi connectivity index (χ1) is 6.31. The van der Waals surface area contributed by atoms with E-state index in [1.165, 1.54) is 5.06 Å². The summed E-state index contributed by atoms with van der Waals surface area (Å²) in [6.07, 6.45) is 2.70. The number of aryl methyl sites for hydroxylation is 1. The highest BCUT2D eigenvalue weighted by molar-refractivity contribution is 5.77. The van der Waals surface area contributed by atoms with Crippen molar-refractivity contribution >= 4 is 12.0 Å². The highest BCUT2D eigenvalue weighted by Crippen LogP contribution is 2.25. The third-order valence-corrected chi connectivity index (χ3v) is 2.33. The Morgan fingerprint density at radius 3 is 3.08 bits per heavy atom. The minimum Gasteiger partial charge on any atom is -0.298 e. The quantitative estimate of drug-likeness (QED) is 0.663. The van der Waals surface area contributed by atoms with E-state index >= 15 is 0 Å². The van der Waals surface area contributed by atoms with Crippen molar-refractivity contribution in [3.63, 3.8) is 0 Å². The molecule has 0 radical (unpaired) electrons. The number of fused-ring (bicyclic) bond motifs is 1. The zero-order chi connectivity index (χ0) is 9.26. The second-order valence-corrected chi connectivity index (χ2v) is 3.23. The van der Waals surface area contributed by atoms with E-state index in [0.29, 0.717) is 12.1 Å². The Kier molecular flexibility index (Phi) is 2.02. The van der Waals surface area contributed by atoms with Gasteiger partial charge in [0.05, 0.1) is 5.69 Å². The summed E-state index contributed by atoms with van der Waals surface area (Å²) in [7, 11) is 0. The molecule has 68 valence electrons. The third-order valence-electron chi connectivity index (χ3n) is 2.33. The van der Waals surface area contributed by atoms with Gasteiger partial charge in [0.15, 0.2) is 0 Å². The second-order valence-electron chi connectivity index (χ2n) is 3.23. The SMILES string of the molecule is O=Cc1ccc2c(c1)CCCN2O. The number of anilines is 1. The minimum absolute atomic E-state index is 0.674. The van der Waals surface area contributed by atoms with Gasteiger partial charge in [-0.05, 0) is 36.6 Å². The fraction of sp³-hybridized carbons (Fsp3) is 0.300. The molecule has 0 fully saturated rings. The predicted molar refractivity (Wildman–Crippen MR) is 49.3 cm³/mol. The number of benzene rings is 1. The Morgan fingerprint density at radius 1 is 1.46 bits per heavy atom. The number of carbonyl (C=O) groups excluding carboxylic acids is 1. The molecule has 0 unspecified atom stereocenters. The minimum atomic E-state index is 0.674. The third kappa shape index (κ3) is 1.42. The van der Waals surface area contributed by atoms with Crippen LogP contribution in [-0.4, -0.2) is 18.0 Å². The molecule has 1 aromatic rings. The normalized spacial score (nSPS) is 15.3. The molecule has 1 aliphatic rings. The van der Waals surface area contributed by atoms with Crippen LogP contribution in [0, 0.1) is 0 Å². The van der Waals surface area contributed by atoms with Crippen LogP contribution in [0.5, 0.6) is 0 Å². The molecular formula is C10H11NO2. The Bertz CT molecular complexity index is 336. The first-order valence-electron chi connectivity index (χ1n) is 4.36. The number of aldehydes is 1. The summed E-state index contributed by atoms with van der Waals surface area (Å²) in [5.74, 6) is 0. The first-order valence-corrected chi connectivity index (χ1v) is 4.36. The van der Waals surface area contributed by atoms with Crippen LogP contribution in [0.3, 0.4) is 0 Å². The molecule has 1 aromatic carbocycles. The number of hydroxylamine groups is 1. The zero-order valence-electron chi connectivity index (χ0n) is 7.23. The number of hydrogen-bond acceptors (Lipinski definition) is 3. The summed E-state index contributed by atoms with van der Waals surface area (Å²) in [5, 5.41) is 10.7. The van der Waals surface area contributed by atoms with E-state index in [0.717, 1.165) is 30.4 Å². The van der Waals surface area contributed by atoms with Crippen molar-refractivity contribution < 1.29 is 10.0 Å². The maximum Gasteiger partial charge on any atom is 0.150 e. The Hall–Kier alpha value is -1.35. The highest BCUT2D eigenvalue weighted by Gasteiger charge is 2.14. The first kappa shape index (κ1) is 8.26. The van der Waals surface area contributed by atoms with Gasteiger partial charge in [0, 0.05) is 12.1 Å². The lowest BCUT2D eigenvalue weighted by Crippen LogP contribution is -2.25. The van der Waals surface area contributed by atoms with E-state index in [4.69, 9.17) is 0 Å². The molecule has 3 heteroatoms. The molecular weight excluding hydrogens is 166 g/mol. The molecule has 13 heavy (non-hydrogen) atoms. The van der Waals surface area contributed by atoms with Crippen LogP contribution in [0.2, 0.25) is 0 Å². The van der Waals surface area contributed by atoms with Crippen molar-refractivity contribution in [2.45, 2.75) is 12.8 Å². The van der Waals surface area contributed by atoms with Crippen LogP contribution in [0.4, 0.5) is 5.69 Å². The molecule has 2 rings (SSSR count). The fourth-order valence-corrected chi connectivity index (χ4v) is 1.67. The predicted octanol–water partition coefficient (Wildman–Crippen LogP) is 1.64. The fourth-order valence-electron chi connectivity index (χ4n) is 1.67. The molecule has 0 saturated carbocycles.